The summed E-state index contributed by atoms with van der Waals surface area (Å²) in [6.45, 7) is 2.65. The average molecular weight is 434 g/mol. The number of aromatic amines is 1. The van der Waals surface area contributed by atoms with Crippen LogP contribution in [0, 0.1) is 5.41 Å². The van der Waals surface area contributed by atoms with E-state index < -0.39 is 11.9 Å². The Morgan fingerprint density at radius 1 is 1.10 bits per heavy atom. The van der Waals surface area contributed by atoms with Crippen LogP contribution in [-0.2, 0) is 13.2 Å². The third-order valence-electron chi connectivity index (χ3n) is 6.43. The number of rotatable bonds is 2. The van der Waals surface area contributed by atoms with Gasteiger partial charge in [-0.3, -0.25) is 14.5 Å². The average Bonchev–Trinajstić information content (AvgIpc) is 3.39. The van der Waals surface area contributed by atoms with E-state index in [0.717, 1.165) is 31.5 Å². The minimum absolute atomic E-state index is 0.00888. The molecule has 31 heavy (non-hydrogen) atoms. The molecule has 2 saturated heterocycles. The van der Waals surface area contributed by atoms with Gasteiger partial charge in [0.25, 0.3) is 5.56 Å². The maximum absolute atomic E-state index is 13.0. The first-order valence-corrected chi connectivity index (χ1v) is 10.1. The second kappa shape index (κ2) is 6.92. The van der Waals surface area contributed by atoms with Gasteiger partial charge in [-0.2, -0.15) is 23.3 Å². The van der Waals surface area contributed by atoms with Crippen LogP contribution in [0.2, 0.25) is 0 Å². The predicted octanol–water partition coefficient (Wildman–Crippen LogP) is 1.96. The highest BCUT2D eigenvalue weighted by Gasteiger charge is 2.42. The van der Waals surface area contributed by atoms with Crippen molar-refractivity contribution < 1.29 is 13.2 Å². The van der Waals surface area contributed by atoms with Crippen LogP contribution in [0.15, 0.2) is 23.3 Å². The van der Waals surface area contributed by atoms with Crippen molar-refractivity contribution in [3.8, 4) is 0 Å². The van der Waals surface area contributed by atoms with Crippen LogP contribution >= 0.6 is 0 Å². The van der Waals surface area contributed by atoms with Gasteiger partial charge in [0.2, 0.25) is 11.9 Å². The molecule has 3 aromatic heterocycles. The van der Waals surface area contributed by atoms with Gasteiger partial charge in [-0.15, -0.1) is 0 Å². The number of hydrogen-bond donors (Lipinski definition) is 1. The molecular formula is C19H21F3N8O. The molecule has 5 rings (SSSR count). The zero-order chi connectivity index (χ0) is 21.8. The van der Waals surface area contributed by atoms with E-state index in [-0.39, 0.29) is 16.9 Å². The summed E-state index contributed by atoms with van der Waals surface area (Å²) in [6.07, 6.45) is 0.712. The van der Waals surface area contributed by atoms with Crippen LogP contribution in [-0.4, -0.2) is 55.9 Å². The van der Waals surface area contributed by atoms with Gasteiger partial charge in [0.1, 0.15) is 11.1 Å². The molecule has 164 valence electrons. The number of anilines is 2. The number of aromatic nitrogens is 6. The lowest BCUT2D eigenvalue weighted by Gasteiger charge is -2.40. The Morgan fingerprint density at radius 3 is 2.52 bits per heavy atom. The summed E-state index contributed by atoms with van der Waals surface area (Å²) in [5.41, 5.74) is -0.616. The van der Waals surface area contributed by atoms with Crippen LogP contribution in [0.25, 0.3) is 11.0 Å². The second-order valence-electron chi connectivity index (χ2n) is 8.31. The minimum atomic E-state index is -4.49. The fourth-order valence-electron chi connectivity index (χ4n) is 4.60. The van der Waals surface area contributed by atoms with E-state index in [1.165, 1.54) is 10.8 Å². The van der Waals surface area contributed by atoms with Crippen molar-refractivity contribution in [1.82, 2.24) is 29.7 Å². The van der Waals surface area contributed by atoms with E-state index in [9.17, 15) is 18.0 Å². The van der Waals surface area contributed by atoms with Crippen molar-refractivity contribution in [1.29, 1.82) is 0 Å². The van der Waals surface area contributed by atoms with Crippen LogP contribution < -0.4 is 15.4 Å². The molecule has 1 N–H and O–H groups in total. The number of nitrogens with zero attached hydrogens (tertiary/aromatic N) is 7. The molecule has 1 spiro atoms. The van der Waals surface area contributed by atoms with E-state index >= 15 is 0 Å². The summed E-state index contributed by atoms with van der Waals surface area (Å²) < 4.78 is 40.5. The molecule has 12 heteroatoms. The molecule has 2 aliphatic heterocycles. The van der Waals surface area contributed by atoms with Crippen LogP contribution in [0.3, 0.4) is 0 Å². The largest absolute Gasteiger partial charge is 0.433 e. The third kappa shape index (κ3) is 3.39. The van der Waals surface area contributed by atoms with Crippen molar-refractivity contribution in [2.45, 2.75) is 25.4 Å². The van der Waals surface area contributed by atoms with Gasteiger partial charge in [0, 0.05) is 39.4 Å². The summed E-state index contributed by atoms with van der Waals surface area (Å²) in [6, 6.07) is 0.890. The summed E-state index contributed by atoms with van der Waals surface area (Å²) in [4.78, 5) is 28.8. The molecule has 9 nitrogen and oxygen atoms in total. The Bertz CT molecular complexity index is 1180. The fourth-order valence-corrected chi connectivity index (χ4v) is 4.60. The lowest BCUT2D eigenvalue weighted by atomic mass is 9.78. The second-order valence-corrected chi connectivity index (χ2v) is 8.31. The SMILES string of the molecule is Cn1c(N2CCC3(CCN(c4nccc(C(F)(F)F)n4)C3)CC2)nc2[nH]ncc2c1=O. The summed E-state index contributed by atoms with van der Waals surface area (Å²) in [7, 11) is 1.70. The molecule has 0 atom stereocenters. The highest BCUT2D eigenvalue weighted by Crippen LogP contribution is 2.42. The van der Waals surface area contributed by atoms with E-state index in [0.29, 0.717) is 43.2 Å². The number of alkyl halides is 3. The minimum Gasteiger partial charge on any atom is -0.342 e. The normalized spacial score (nSPS) is 19.0. The molecule has 5 heterocycles. The Labute approximate surface area is 174 Å². The standard InChI is InChI=1S/C19H21F3N8O/c1-28-15(31)12-10-24-27-14(12)26-17(28)29-7-3-18(4-8-29)5-9-30(11-18)16-23-6-2-13(25-16)19(20,21)22/h2,6,10H,3-5,7-9,11H2,1H3,(H,24,27). The molecule has 0 saturated carbocycles. The molecule has 3 aromatic rings. The Kier molecular flexibility index (Phi) is 4.41. The zero-order valence-corrected chi connectivity index (χ0v) is 16.9. The van der Waals surface area contributed by atoms with Crippen LogP contribution in [0.4, 0.5) is 25.1 Å². The molecule has 0 unspecified atom stereocenters. The maximum Gasteiger partial charge on any atom is 0.433 e. The number of halogens is 3. The third-order valence-corrected chi connectivity index (χ3v) is 6.43. The van der Waals surface area contributed by atoms with Gasteiger partial charge in [-0.25, -0.2) is 9.97 Å². The molecule has 2 fully saturated rings. The van der Waals surface area contributed by atoms with Crippen molar-refractivity contribution >= 4 is 22.9 Å². The number of piperidine rings is 1. The van der Waals surface area contributed by atoms with Crippen molar-refractivity contribution in [2.75, 3.05) is 36.0 Å². The lowest BCUT2D eigenvalue weighted by molar-refractivity contribution is -0.141. The van der Waals surface area contributed by atoms with Gasteiger partial charge < -0.3 is 9.80 Å². The molecule has 0 aromatic carbocycles. The Hall–Kier alpha value is -3.18. The van der Waals surface area contributed by atoms with Gasteiger partial charge in [0.05, 0.1) is 6.20 Å². The zero-order valence-electron chi connectivity index (χ0n) is 16.9. The van der Waals surface area contributed by atoms with Gasteiger partial charge >= 0.3 is 6.18 Å². The molecule has 2 aliphatic rings. The number of H-pyrrole nitrogens is 1. The fraction of sp³-hybridized carbons (Fsp3) is 0.526. The summed E-state index contributed by atoms with van der Waals surface area (Å²) >= 11 is 0. The topological polar surface area (TPSA) is 95.8 Å². The first-order valence-electron chi connectivity index (χ1n) is 10.1. The van der Waals surface area contributed by atoms with Crippen LogP contribution in [0.1, 0.15) is 25.0 Å². The van der Waals surface area contributed by atoms with E-state index in [1.54, 1.807) is 7.05 Å². The Morgan fingerprint density at radius 2 is 1.81 bits per heavy atom. The smallest absolute Gasteiger partial charge is 0.342 e. The number of fused-ring (bicyclic) bond motifs is 1. The van der Waals surface area contributed by atoms with Gasteiger partial charge in [-0.05, 0) is 30.7 Å². The van der Waals surface area contributed by atoms with E-state index in [2.05, 4.69) is 30.0 Å². The van der Waals surface area contributed by atoms with Gasteiger partial charge in [0.15, 0.2) is 5.65 Å². The molecule has 0 amide bonds. The number of hydrogen-bond acceptors (Lipinski definition) is 7. The van der Waals surface area contributed by atoms with Crippen molar-refractivity contribution in [2.24, 2.45) is 12.5 Å². The molecule has 0 aliphatic carbocycles. The van der Waals surface area contributed by atoms with Gasteiger partial charge in [-0.1, -0.05) is 0 Å². The molecule has 0 radical (unpaired) electrons. The molecular weight excluding hydrogens is 413 g/mol. The van der Waals surface area contributed by atoms with Crippen molar-refractivity contribution in [3.05, 3.63) is 34.5 Å². The van der Waals surface area contributed by atoms with Crippen molar-refractivity contribution in [3.63, 3.8) is 0 Å². The first-order chi connectivity index (χ1) is 14.8. The maximum atomic E-state index is 13.0. The quantitative estimate of drug-likeness (QED) is 0.659. The van der Waals surface area contributed by atoms with E-state index in [1.807, 2.05) is 4.90 Å². The predicted molar refractivity (Wildman–Crippen MR) is 107 cm³/mol. The number of nitrogens with one attached hydrogen (secondary N) is 1. The lowest BCUT2D eigenvalue weighted by Crippen LogP contribution is -2.44. The van der Waals surface area contributed by atoms with Crippen LogP contribution in [0.5, 0.6) is 0 Å². The highest BCUT2D eigenvalue weighted by molar-refractivity contribution is 5.73. The monoisotopic (exact) mass is 434 g/mol. The van der Waals surface area contributed by atoms with E-state index in [4.69, 9.17) is 0 Å². The first kappa shape index (κ1) is 19.8. The Balaban J connectivity index is 1.31. The summed E-state index contributed by atoms with van der Waals surface area (Å²) in [5, 5.41) is 7.10. The summed E-state index contributed by atoms with van der Waals surface area (Å²) in [5.74, 6) is 0.718. The highest BCUT2D eigenvalue weighted by atomic mass is 19.4. The molecule has 0 bridgehead atoms.